The maximum atomic E-state index is 12.5. The topological polar surface area (TPSA) is 99.7 Å². The molecule has 0 saturated heterocycles. The standard InChI is InChI=1S/C25H33N3O4/c29-19-8-10-25-11-9-24(31)27-14-2-1-12-26-13-3-15-28-23(30)7-5-18-4-6-21(20(25)16-18)32-22(25)17-19/h4-7,9,11,16,19,22,26,29H,1-3,8,10,12-15,17H2,(H,27,31)(H,28,30)/b7-5+,11-9+. The van der Waals surface area contributed by atoms with E-state index in [4.69, 9.17) is 4.74 Å². The molecule has 0 radical (unpaired) electrons. The second-order valence-corrected chi connectivity index (χ2v) is 8.89. The van der Waals surface area contributed by atoms with Crippen LogP contribution in [-0.4, -0.2) is 55.3 Å². The molecular formula is C25H33N3O4. The van der Waals surface area contributed by atoms with Gasteiger partial charge in [-0.25, -0.2) is 0 Å². The number of hydrogen-bond donors (Lipinski definition) is 4. The third kappa shape index (κ3) is 5.22. The molecule has 32 heavy (non-hydrogen) atoms. The molecule has 7 heteroatoms. The van der Waals surface area contributed by atoms with Crippen LogP contribution in [0.15, 0.2) is 36.4 Å². The molecule has 3 unspecified atom stereocenters. The minimum absolute atomic E-state index is 0.104. The first-order valence-corrected chi connectivity index (χ1v) is 11.7. The second-order valence-electron chi connectivity index (χ2n) is 8.89. The largest absolute Gasteiger partial charge is 0.489 e. The second kappa shape index (κ2) is 10.3. The van der Waals surface area contributed by atoms with Gasteiger partial charge in [0.1, 0.15) is 11.9 Å². The van der Waals surface area contributed by atoms with Crippen LogP contribution >= 0.6 is 0 Å². The van der Waals surface area contributed by atoms with Crippen molar-refractivity contribution < 1.29 is 19.4 Å². The Kier molecular flexibility index (Phi) is 7.27. The van der Waals surface area contributed by atoms with Crippen LogP contribution in [0.3, 0.4) is 0 Å². The van der Waals surface area contributed by atoms with Gasteiger partial charge in [-0.15, -0.1) is 0 Å². The van der Waals surface area contributed by atoms with E-state index in [1.165, 1.54) is 0 Å². The monoisotopic (exact) mass is 439 g/mol. The fourth-order valence-electron chi connectivity index (χ4n) is 4.81. The lowest BCUT2D eigenvalue weighted by molar-refractivity contribution is -0.117. The first kappa shape index (κ1) is 22.6. The Morgan fingerprint density at radius 2 is 1.69 bits per heavy atom. The van der Waals surface area contributed by atoms with Crippen molar-refractivity contribution in [2.45, 2.75) is 56.1 Å². The number of benzene rings is 1. The summed E-state index contributed by atoms with van der Waals surface area (Å²) in [7, 11) is 0. The van der Waals surface area contributed by atoms with E-state index in [1.54, 1.807) is 18.2 Å². The Labute approximate surface area is 189 Å². The van der Waals surface area contributed by atoms with E-state index >= 15 is 0 Å². The lowest BCUT2D eigenvalue weighted by atomic mass is 9.67. The molecule has 1 aromatic carbocycles. The van der Waals surface area contributed by atoms with E-state index < -0.39 is 11.5 Å². The predicted molar refractivity (Wildman–Crippen MR) is 123 cm³/mol. The molecule has 7 nitrogen and oxygen atoms in total. The summed E-state index contributed by atoms with van der Waals surface area (Å²) in [6.45, 7) is 3.00. The van der Waals surface area contributed by atoms with Gasteiger partial charge in [-0.2, -0.15) is 0 Å². The van der Waals surface area contributed by atoms with Gasteiger partial charge >= 0.3 is 0 Å². The van der Waals surface area contributed by atoms with Crippen LogP contribution in [0, 0.1) is 0 Å². The molecule has 1 aromatic rings. The molecule has 4 rings (SSSR count). The zero-order chi connectivity index (χ0) is 22.4. The smallest absolute Gasteiger partial charge is 0.243 e. The molecule has 1 spiro atoms. The maximum absolute atomic E-state index is 12.5. The first-order chi connectivity index (χ1) is 15.6. The summed E-state index contributed by atoms with van der Waals surface area (Å²) in [4.78, 5) is 24.6. The number of amides is 2. The van der Waals surface area contributed by atoms with Crippen LogP contribution in [0.25, 0.3) is 6.08 Å². The number of fused-ring (bicyclic) bond motifs is 1. The predicted octanol–water partition coefficient (Wildman–Crippen LogP) is 1.81. The van der Waals surface area contributed by atoms with Crippen LogP contribution in [0.4, 0.5) is 0 Å². The highest BCUT2D eigenvalue weighted by Crippen LogP contribution is 2.51. The minimum Gasteiger partial charge on any atom is -0.489 e. The molecule has 2 aliphatic heterocycles. The van der Waals surface area contributed by atoms with Gasteiger partial charge in [0, 0.05) is 31.1 Å². The van der Waals surface area contributed by atoms with Crippen molar-refractivity contribution in [2.24, 2.45) is 0 Å². The van der Waals surface area contributed by atoms with Gasteiger partial charge in [0.05, 0.1) is 11.5 Å². The molecule has 2 bridgehead atoms. The number of rotatable bonds is 0. The van der Waals surface area contributed by atoms with Gasteiger partial charge in [0.2, 0.25) is 11.8 Å². The van der Waals surface area contributed by atoms with E-state index in [1.807, 2.05) is 24.3 Å². The molecule has 1 fully saturated rings. The van der Waals surface area contributed by atoms with Gasteiger partial charge in [-0.3, -0.25) is 9.59 Å². The Bertz CT molecular complexity index is 897. The lowest BCUT2D eigenvalue weighted by Crippen LogP contribution is -2.44. The normalized spacial score (nSPS) is 31.4. The summed E-state index contributed by atoms with van der Waals surface area (Å²) in [5.41, 5.74) is 1.46. The summed E-state index contributed by atoms with van der Waals surface area (Å²) >= 11 is 0. The Morgan fingerprint density at radius 3 is 2.56 bits per heavy atom. The molecule has 2 amide bonds. The molecule has 3 atom stereocenters. The molecule has 0 aromatic heterocycles. The van der Waals surface area contributed by atoms with Crippen molar-refractivity contribution >= 4 is 17.9 Å². The summed E-state index contributed by atoms with van der Waals surface area (Å²) in [6.07, 6.45) is 11.0. The van der Waals surface area contributed by atoms with Gasteiger partial charge in [0.15, 0.2) is 0 Å². The van der Waals surface area contributed by atoms with Crippen LogP contribution in [0.1, 0.15) is 49.7 Å². The SMILES string of the molecule is O=C1/C=C/C23CCC(O)CC2Oc2ccc(cc23)/C=C/C(=O)NCCCNCCCCN1. The third-order valence-electron chi connectivity index (χ3n) is 6.59. The van der Waals surface area contributed by atoms with E-state index in [9.17, 15) is 14.7 Å². The fourth-order valence-corrected chi connectivity index (χ4v) is 4.81. The number of aliphatic hydroxyl groups excluding tert-OH is 1. The lowest BCUT2D eigenvalue weighted by Gasteiger charge is -2.38. The van der Waals surface area contributed by atoms with Crippen molar-refractivity contribution in [1.29, 1.82) is 0 Å². The summed E-state index contributed by atoms with van der Waals surface area (Å²) < 4.78 is 6.22. The minimum atomic E-state index is -0.456. The molecule has 1 aliphatic carbocycles. The van der Waals surface area contributed by atoms with E-state index in [2.05, 4.69) is 16.0 Å². The number of carbonyl (C=O) groups excluding carboxylic acids is 2. The quantitative estimate of drug-likeness (QED) is 0.494. The highest BCUT2D eigenvalue weighted by Gasteiger charge is 2.50. The van der Waals surface area contributed by atoms with Crippen molar-refractivity contribution in [1.82, 2.24) is 16.0 Å². The molecule has 1 saturated carbocycles. The van der Waals surface area contributed by atoms with Crippen LogP contribution < -0.4 is 20.7 Å². The molecular weight excluding hydrogens is 406 g/mol. The summed E-state index contributed by atoms with van der Waals surface area (Å²) in [6, 6.07) is 5.89. The van der Waals surface area contributed by atoms with Crippen molar-refractivity contribution in [3.8, 4) is 5.75 Å². The average Bonchev–Trinajstić information content (AvgIpc) is 3.10. The number of ether oxygens (including phenoxy) is 1. The molecule has 3 aliphatic rings. The molecule has 172 valence electrons. The van der Waals surface area contributed by atoms with E-state index in [-0.39, 0.29) is 17.9 Å². The van der Waals surface area contributed by atoms with Crippen molar-refractivity contribution in [3.63, 3.8) is 0 Å². The Balaban J connectivity index is 1.61. The number of aliphatic hydroxyl groups is 1. The molecule has 2 heterocycles. The van der Waals surface area contributed by atoms with E-state index in [0.717, 1.165) is 49.2 Å². The van der Waals surface area contributed by atoms with E-state index in [0.29, 0.717) is 32.4 Å². The Hall–Kier alpha value is -2.64. The van der Waals surface area contributed by atoms with Crippen LogP contribution in [-0.2, 0) is 15.0 Å². The highest BCUT2D eigenvalue weighted by atomic mass is 16.5. The van der Waals surface area contributed by atoms with Gasteiger partial charge < -0.3 is 25.8 Å². The number of nitrogens with one attached hydrogen (secondary N) is 3. The van der Waals surface area contributed by atoms with Gasteiger partial charge in [-0.05, 0) is 75.0 Å². The fraction of sp³-hybridized carbons (Fsp3) is 0.520. The van der Waals surface area contributed by atoms with Crippen molar-refractivity contribution in [3.05, 3.63) is 47.6 Å². The van der Waals surface area contributed by atoms with Crippen LogP contribution in [0.2, 0.25) is 0 Å². The van der Waals surface area contributed by atoms with Gasteiger partial charge in [0.25, 0.3) is 0 Å². The zero-order valence-corrected chi connectivity index (χ0v) is 18.4. The average molecular weight is 440 g/mol. The number of hydrogen-bond acceptors (Lipinski definition) is 5. The van der Waals surface area contributed by atoms with Gasteiger partial charge in [-0.1, -0.05) is 12.1 Å². The van der Waals surface area contributed by atoms with Crippen molar-refractivity contribution in [2.75, 3.05) is 26.2 Å². The van der Waals surface area contributed by atoms with Crippen LogP contribution in [0.5, 0.6) is 5.75 Å². The maximum Gasteiger partial charge on any atom is 0.243 e. The summed E-state index contributed by atoms with van der Waals surface area (Å²) in [5, 5.41) is 19.5. The first-order valence-electron chi connectivity index (χ1n) is 11.7. The third-order valence-corrected chi connectivity index (χ3v) is 6.59. The molecule has 4 N–H and O–H groups in total. The summed E-state index contributed by atoms with van der Waals surface area (Å²) in [5.74, 6) is 0.569. The number of carbonyl (C=O) groups is 2. The Morgan fingerprint density at radius 1 is 0.938 bits per heavy atom. The zero-order valence-electron chi connectivity index (χ0n) is 18.4. The highest BCUT2D eigenvalue weighted by molar-refractivity contribution is 5.91.